The Morgan fingerprint density at radius 3 is 2.57 bits per heavy atom. The third-order valence-corrected chi connectivity index (χ3v) is 3.70. The van der Waals surface area contributed by atoms with Crippen LogP contribution in [-0.2, 0) is 6.42 Å². The number of hydrogen-bond acceptors (Lipinski definition) is 5. The van der Waals surface area contributed by atoms with Crippen LogP contribution in [0.3, 0.4) is 0 Å². The molecule has 1 heterocycles. The van der Waals surface area contributed by atoms with E-state index in [1.54, 1.807) is 0 Å². The van der Waals surface area contributed by atoms with Crippen LogP contribution >= 0.6 is 0 Å². The average Bonchev–Trinajstić information content (AvgIpc) is 2.45. The summed E-state index contributed by atoms with van der Waals surface area (Å²) in [6.45, 7) is 3.84. The maximum Gasteiger partial charge on any atom is 0.204 e. The number of fused-ring (bicyclic) bond motifs is 2. The van der Waals surface area contributed by atoms with Crippen LogP contribution in [0.25, 0.3) is 21.9 Å². The molecule has 0 fully saturated rings. The van der Waals surface area contributed by atoms with E-state index in [-0.39, 0.29) is 39.2 Å². The Morgan fingerprint density at radius 2 is 1.87 bits per heavy atom. The molecular formula is C18H16O5. The molecule has 0 unspecified atom stereocenters. The summed E-state index contributed by atoms with van der Waals surface area (Å²) in [5, 5.41) is 30.0. The van der Waals surface area contributed by atoms with Gasteiger partial charge < -0.3 is 19.7 Å². The third-order valence-electron chi connectivity index (χ3n) is 3.70. The van der Waals surface area contributed by atoms with Crippen molar-refractivity contribution in [3.8, 4) is 17.2 Å². The van der Waals surface area contributed by atoms with Crippen molar-refractivity contribution < 1.29 is 19.7 Å². The van der Waals surface area contributed by atoms with E-state index in [4.69, 9.17) is 4.42 Å². The Morgan fingerprint density at radius 1 is 1.13 bits per heavy atom. The number of benzene rings is 2. The second-order valence-corrected chi connectivity index (χ2v) is 5.69. The van der Waals surface area contributed by atoms with Gasteiger partial charge in [0.1, 0.15) is 33.8 Å². The van der Waals surface area contributed by atoms with Crippen LogP contribution in [0, 0.1) is 0 Å². The fourth-order valence-electron chi connectivity index (χ4n) is 2.54. The maximum atomic E-state index is 12.6. The average molecular weight is 312 g/mol. The second-order valence-electron chi connectivity index (χ2n) is 5.69. The second kappa shape index (κ2) is 5.35. The quantitative estimate of drug-likeness (QED) is 0.497. The molecule has 0 aliphatic heterocycles. The van der Waals surface area contributed by atoms with Crippen LogP contribution in [0.15, 0.2) is 45.1 Å². The van der Waals surface area contributed by atoms with Crippen molar-refractivity contribution in [1.82, 2.24) is 0 Å². The van der Waals surface area contributed by atoms with Gasteiger partial charge >= 0.3 is 0 Å². The van der Waals surface area contributed by atoms with Crippen molar-refractivity contribution in [2.75, 3.05) is 0 Å². The highest BCUT2D eigenvalue weighted by molar-refractivity contribution is 5.96. The number of phenolic OH excluding ortho intramolecular Hbond substituents is 3. The van der Waals surface area contributed by atoms with E-state index in [1.807, 2.05) is 19.9 Å². The Labute approximate surface area is 131 Å². The molecule has 0 aliphatic rings. The topological polar surface area (TPSA) is 90.9 Å². The molecule has 5 heteroatoms. The van der Waals surface area contributed by atoms with Crippen LogP contribution < -0.4 is 5.43 Å². The molecule has 5 nitrogen and oxygen atoms in total. The Hall–Kier alpha value is -2.95. The Kier molecular flexibility index (Phi) is 3.48. The van der Waals surface area contributed by atoms with Gasteiger partial charge in [-0.15, -0.1) is 0 Å². The molecule has 118 valence electrons. The van der Waals surface area contributed by atoms with E-state index in [0.717, 1.165) is 11.6 Å². The zero-order valence-electron chi connectivity index (χ0n) is 12.8. The lowest BCUT2D eigenvalue weighted by molar-refractivity contribution is 0.449. The van der Waals surface area contributed by atoms with Gasteiger partial charge in [0, 0.05) is 17.7 Å². The molecule has 0 saturated heterocycles. The lowest BCUT2D eigenvalue weighted by atomic mass is 10.0. The molecule has 23 heavy (non-hydrogen) atoms. The predicted octanol–water partition coefficient (Wildman–Crippen LogP) is 3.57. The minimum absolute atomic E-state index is 0.0261. The van der Waals surface area contributed by atoms with E-state index in [0.29, 0.717) is 12.0 Å². The van der Waals surface area contributed by atoms with Gasteiger partial charge in [-0.25, -0.2) is 0 Å². The monoisotopic (exact) mass is 312 g/mol. The van der Waals surface area contributed by atoms with E-state index in [9.17, 15) is 20.1 Å². The van der Waals surface area contributed by atoms with Gasteiger partial charge in [0.2, 0.25) is 5.43 Å². The van der Waals surface area contributed by atoms with Gasteiger partial charge in [0.15, 0.2) is 0 Å². The predicted molar refractivity (Wildman–Crippen MR) is 88.1 cm³/mol. The molecule has 0 radical (unpaired) electrons. The molecule has 1 aromatic heterocycles. The minimum atomic E-state index is -0.405. The number of phenols is 3. The van der Waals surface area contributed by atoms with Crippen LogP contribution in [0.4, 0.5) is 0 Å². The van der Waals surface area contributed by atoms with Crippen molar-refractivity contribution >= 4 is 21.9 Å². The van der Waals surface area contributed by atoms with E-state index in [1.165, 1.54) is 18.2 Å². The molecule has 0 bridgehead atoms. The smallest absolute Gasteiger partial charge is 0.204 e. The highest BCUT2D eigenvalue weighted by Gasteiger charge is 2.18. The summed E-state index contributed by atoms with van der Waals surface area (Å²) in [6.07, 6.45) is 2.25. The van der Waals surface area contributed by atoms with Gasteiger partial charge in [-0.2, -0.15) is 0 Å². The summed E-state index contributed by atoms with van der Waals surface area (Å²) in [7, 11) is 0. The summed E-state index contributed by atoms with van der Waals surface area (Å²) < 4.78 is 5.72. The maximum absolute atomic E-state index is 12.6. The van der Waals surface area contributed by atoms with Crippen LogP contribution in [-0.4, -0.2) is 15.3 Å². The lowest BCUT2D eigenvalue weighted by Crippen LogP contribution is -2.04. The van der Waals surface area contributed by atoms with Crippen molar-refractivity contribution in [1.29, 1.82) is 0 Å². The third kappa shape index (κ3) is 2.50. The molecule has 0 amide bonds. The molecular weight excluding hydrogens is 296 g/mol. The zero-order chi connectivity index (χ0) is 16.7. The molecule has 0 saturated carbocycles. The van der Waals surface area contributed by atoms with Gasteiger partial charge in [0.05, 0.1) is 5.39 Å². The normalized spacial score (nSPS) is 11.0. The first kappa shape index (κ1) is 15.0. The van der Waals surface area contributed by atoms with Gasteiger partial charge in [-0.1, -0.05) is 11.6 Å². The zero-order valence-corrected chi connectivity index (χ0v) is 12.8. The summed E-state index contributed by atoms with van der Waals surface area (Å²) in [5.41, 5.74) is 1.39. The highest BCUT2D eigenvalue weighted by atomic mass is 16.3. The molecule has 2 aromatic carbocycles. The summed E-state index contributed by atoms with van der Waals surface area (Å²) in [5.74, 6) is -0.507. The number of allylic oxidation sites excluding steroid dienone is 2. The molecule has 3 rings (SSSR count). The van der Waals surface area contributed by atoms with Crippen molar-refractivity contribution in [3.63, 3.8) is 0 Å². The molecule has 0 spiro atoms. The van der Waals surface area contributed by atoms with Crippen molar-refractivity contribution in [2.45, 2.75) is 20.3 Å². The summed E-state index contributed by atoms with van der Waals surface area (Å²) in [4.78, 5) is 12.6. The number of rotatable bonds is 2. The first-order valence-electron chi connectivity index (χ1n) is 7.15. The molecule has 3 N–H and O–H groups in total. The van der Waals surface area contributed by atoms with Gasteiger partial charge in [-0.05, 0) is 32.4 Å². The summed E-state index contributed by atoms with van der Waals surface area (Å²) in [6, 6.07) is 5.31. The lowest BCUT2D eigenvalue weighted by Gasteiger charge is -2.10. The van der Waals surface area contributed by atoms with Crippen LogP contribution in [0.2, 0.25) is 0 Å². The van der Waals surface area contributed by atoms with Gasteiger partial charge in [0.25, 0.3) is 0 Å². The molecule has 0 atom stereocenters. The minimum Gasteiger partial charge on any atom is -0.508 e. The SMILES string of the molecule is CC(C)=CCc1c(O)cc(O)c2c(=O)c3ccc(O)cc3oc12. The Balaban J connectivity index is 2.46. The van der Waals surface area contributed by atoms with E-state index >= 15 is 0 Å². The largest absolute Gasteiger partial charge is 0.508 e. The summed E-state index contributed by atoms with van der Waals surface area (Å²) >= 11 is 0. The number of aromatic hydroxyl groups is 3. The van der Waals surface area contributed by atoms with Crippen molar-refractivity contribution in [3.05, 3.63) is 51.7 Å². The molecule has 3 aromatic rings. The first-order chi connectivity index (χ1) is 10.9. The highest BCUT2D eigenvalue weighted by Crippen LogP contribution is 2.35. The molecule has 0 aliphatic carbocycles. The first-order valence-corrected chi connectivity index (χ1v) is 7.15. The van der Waals surface area contributed by atoms with E-state index < -0.39 is 5.43 Å². The fraction of sp³-hybridized carbons (Fsp3) is 0.167. The Bertz CT molecular complexity index is 1010. The van der Waals surface area contributed by atoms with Crippen LogP contribution in [0.1, 0.15) is 19.4 Å². The van der Waals surface area contributed by atoms with E-state index in [2.05, 4.69) is 0 Å². The standard InChI is InChI=1S/C18H16O5/c1-9(2)3-5-11-13(20)8-14(21)16-17(22)12-6-4-10(19)7-15(12)23-18(11)16/h3-4,6-8,19-21H,5H2,1-2H3. The number of hydrogen-bond donors (Lipinski definition) is 3. The fourth-order valence-corrected chi connectivity index (χ4v) is 2.54. The van der Waals surface area contributed by atoms with Crippen LogP contribution in [0.5, 0.6) is 17.2 Å². The van der Waals surface area contributed by atoms with Crippen molar-refractivity contribution in [2.24, 2.45) is 0 Å². The van der Waals surface area contributed by atoms with Gasteiger partial charge in [-0.3, -0.25) is 4.79 Å².